The van der Waals surface area contributed by atoms with Crippen LogP contribution in [0.4, 0.5) is 0 Å². The fraction of sp³-hybridized carbons (Fsp3) is 0.833. The van der Waals surface area contributed by atoms with E-state index in [1.807, 2.05) is 0 Å². The predicted molar refractivity (Wildman–Crippen MR) is 131 cm³/mol. The van der Waals surface area contributed by atoms with Crippen LogP contribution < -0.4 is 0 Å². The number of hydrogen-bond donors (Lipinski definition) is 0. The van der Waals surface area contributed by atoms with Crippen molar-refractivity contribution >= 4 is 5.78 Å². The summed E-state index contributed by atoms with van der Waals surface area (Å²) in [6, 6.07) is 0. The molecule has 0 aromatic rings. The van der Waals surface area contributed by atoms with Gasteiger partial charge in [-0.3, -0.25) is 4.79 Å². The van der Waals surface area contributed by atoms with Gasteiger partial charge in [-0.2, -0.15) is 0 Å². The standard InChI is InChI=1S/C30H46O2/c1-19(2)16-21-17-20(18-32-21)22-10-14-30(7)24-8-9-25-27(3,4)26(31)12-13-28(25,5)23(24)11-15-29(22,30)6/h8,16,20-23,25H,9-15,17-18H2,1-7H3/t20-,21-,22+,23?,25?,28-,29+,30-/m1/s1. The van der Waals surface area contributed by atoms with Crippen LogP contribution in [-0.2, 0) is 9.53 Å². The molecule has 0 spiro atoms. The van der Waals surface area contributed by atoms with Crippen LogP contribution >= 0.6 is 0 Å². The zero-order valence-corrected chi connectivity index (χ0v) is 21.7. The van der Waals surface area contributed by atoms with E-state index in [9.17, 15) is 4.79 Å². The minimum absolute atomic E-state index is 0.171. The van der Waals surface area contributed by atoms with Crippen LogP contribution in [0.5, 0.6) is 0 Å². The van der Waals surface area contributed by atoms with E-state index in [4.69, 9.17) is 4.74 Å². The molecule has 2 nitrogen and oxygen atoms in total. The predicted octanol–water partition coefficient (Wildman–Crippen LogP) is 7.53. The Hall–Kier alpha value is -0.890. The summed E-state index contributed by atoms with van der Waals surface area (Å²) in [5, 5.41) is 0. The van der Waals surface area contributed by atoms with Crippen molar-refractivity contribution in [2.24, 2.45) is 45.3 Å². The summed E-state index contributed by atoms with van der Waals surface area (Å²) in [7, 11) is 0. The molecule has 2 heteroatoms. The van der Waals surface area contributed by atoms with Crippen LogP contribution in [0.2, 0.25) is 0 Å². The molecule has 0 bridgehead atoms. The van der Waals surface area contributed by atoms with E-state index in [0.717, 1.165) is 31.8 Å². The molecule has 5 aliphatic rings. The number of rotatable bonds is 2. The molecule has 32 heavy (non-hydrogen) atoms. The van der Waals surface area contributed by atoms with E-state index in [-0.39, 0.29) is 10.8 Å². The van der Waals surface area contributed by atoms with E-state index < -0.39 is 0 Å². The zero-order valence-electron chi connectivity index (χ0n) is 21.7. The van der Waals surface area contributed by atoms with Gasteiger partial charge in [-0.25, -0.2) is 0 Å². The highest BCUT2D eigenvalue weighted by Crippen LogP contribution is 2.73. The Morgan fingerprint density at radius 1 is 1.06 bits per heavy atom. The first-order valence-electron chi connectivity index (χ1n) is 13.4. The maximum Gasteiger partial charge on any atom is 0.138 e. The van der Waals surface area contributed by atoms with Gasteiger partial charge in [0.2, 0.25) is 0 Å². The van der Waals surface area contributed by atoms with Gasteiger partial charge in [0.1, 0.15) is 5.78 Å². The molecule has 0 aromatic carbocycles. The van der Waals surface area contributed by atoms with Gasteiger partial charge in [-0.15, -0.1) is 0 Å². The number of carbonyl (C=O) groups excluding carboxylic acids is 1. The van der Waals surface area contributed by atoms with Gasteiger partial charge in [0.05, 0.1) is 12.7 Å². The number of ketones is 1. The molecule has 4 fully saturated rings. The molecule has 8 atom stereocenters. The molecule has 1 heterocycles. The number of hydrogen-bond acceptors (Lipinski definition) is 2. The van der Waals surface area contributed by atoms with Crippen molar-refractivity contribution in [2.45, 2.75) is 106 Å². The Labute approximate surface area is 196 Å². The monoisotopic (exact) mass is 438 g/mol. The highest BCUT2D eigenvalue weighted by atomic mass is 16.5. The SMILES string of the molecule is CC(C)=C[C@@H]1C[C@@H]([C@@H]2CC[C@]3(C)C4=CCC5C(C)(C)C(=O)CC[C@]5(C)C4CC[C@@]23C)CO1. The second kappa shape index (κ2) is 7.30. The summed E-state index contributed by atoms with van der Waals surface area (Å²) in [6.07, 6.45) is 14.9. The van der Waals surface area contributed by atoms with Crippen LogP contribution in [0.3, 0.4) is 0 Å². The number of allylic oxidation sites excluding steroid dienone is 3. The van der Waals surface area contributed by atoms with Gasteiger partial charge in [-0.05, 0) is 98.7 Å². The zero-order chi connectivity index (χ0) is 23.1. The Morgan fingerprint density at radius 2 is 1.81 bits per heavy atom. The van der Waals surface area contributed by atoms with Crippen LogP contribution in [-0.4, -0.2) is 18.5 Å². The first-order chi connectivity index (χ1) is 14.9. The van der Waals surface area contributed by atoms with E-state index in [0.29, 0.717) is 40.5 Å². The lowest BCUT2D eigenvalue weighted by Gasteiger charge is -2.63. The van der Waals surface area contributed by atoms with Gasteiger partial charge in [0.15, 0.2) is 0 Å². The van der Waals surface area contributed by atoms with Crippen molar-refractivity contribution in [1.82, 2.24) is 0 Å². The molecule has 3 saturated carbocycles. The molecule has 1 aliphatic heterocycles. The number of ether oxygens (including phenoxy) is 1. The highest BCUT2D eigenvalue weighted by molar-refractivity contribution is 5.85. The number of Topliss-reactive ketones (excluding diaryl/α,β-unsaturated/α-hetero) is 1. The van der Waals surface area contributed by atoms with Crippen LogP contribution in [0, 0.1) is 45.3 Å². The third kappa shape index (κ3) is 2.96. The van der Waals surface area contributed by atoms with Crippen molar-refractivity contribution in [2.75, 3.05) is 6.61 Å². The minimum atomic E-state index is -0.171. The molecule has 0 aromatic heterocycles. The lowest BCUT2D eigenvalue weighted by atomic mass is 9.41. The number of fused-ring (bicyclic) bond motifs is 5. The Morgan fingerprint density at radius 3 is 2.53 bits per heavy atom. The topological polar surface area (TPSA) is 26.3 Å². The van der Waals surface area contributed by atoms with E-state index in [1.54, 1.807) is 5.57 Å². The van der Waals surface area contributed by atoms with Crippen LogP contribution in [0.25, 0.3) is 0 Å². The van der Waals surface area contributed by atoms with Crippen LogP contribution in [0.15, 0.2) is 23.3 Å². The second-order valence-electron chi connectivity index (χ2n) is 13.7. The van der Waals surface area contributed by atoms with Crippen molar-refractivity contribution in [3.05, 3.63) is 23.3 Å². The lowest BCUT2D eigenvalue weighted by molar-refractivity contribution is -0.146. The molecule has 5 rings (SSSR count). The molecule has 0 radical (unpaired) electrons. The van der Waals surface area contributed by atoms with Gasteiger partial charge in [0, 0.05) is 11.8 Å². The van der Waals surface area contributed by atoms with Crippen molar-refractivity contribution in [3.63, 3.8) is 0 Å². The quantitative estimate of drug-likeness (QED) is 0.416. The molecule has 178 valence electrons. The fourth-order valence-corrected chi connectivity index (χ4v) is 9.76. The largest absolute Gasteiger partial charge is 0.374 e. The Bertz CT molecular complexity index is 860. The van der Waals surface area contributed by atoms with E-state index >= 15 is 0 Å². The molecular weight excluding hydrogens is 392 g/mol. The van der Waals surface area contributed by atoms with E-state index in [1.165, 1.54) is 37.7 Å². The summed E-state index contributed by atoms with van der Waals surface area (Å²) >= 11 is 0. The number of carbonyl (C=O) groups is 1. The molecule has 4 aliphatic carbocycles. The molecular formula is C30H46O2. The van der Waals surface area contributed by atoms with Gasteiger partial charge >= 0.3 is 0 Å². The summed E-state index contributed by atoms with van der Waals surface area (Å²) in [4.78, 5) is 12.8. The second-order valence-corrected chi connectivity index (χ2v) is 13.7. The van der Waals surface area contributed by atoms with Gasteiger partial charge < -0.3 is 4.74 Å². The minimum Gasteiger partial charge on any atom is -0.374 e. The third-order valence-corrected chi connectivity index (χ3v) is 11.8. The normalized spacial score (nSPS) is 49.7. The summed E-state index contributed by atoms with van der Waals surface area (Å²) in [5.41, 5.74) is 3.98. The molecule has 0 amide bonds. The summed E-state index contributed by atoms with van der Waals surface area (Å²) in [6.45, 7) is 17.6. The van der Waals surface area contributed by atoms with Gasteiger partial charge in [0.25, 0.3) is 0 Å². The molecule has 2 unspecified atom stereocenters. The third-order valence-electron chi connectivity index (χ3n) is 11.8. The van der Waals surface area contributed by atoms with E-state index in [2.05, 4.69) is 60.6 Å². The lowest BCUT2D eigenvalue weighted by Crippen LogP contribution is -2.57. The summed E-state index contributed by atoms with van der Waals surface area (Å²) < 4.78 is 6.25. The van der Waals surface area contributed by atoms with Crippen molar-refractivity contribution in [1.29, 1.82) is 0 Å². The smallest absolute Gasteiger partial charge is 0.138 e. The van der Waals surface area contributed by atoms with Gasteiger partial charge in [-0.1, -0.05) is 57.9 Å². The van der Waals surface area contributed by atoms with Crippen LogP contribution in [0.1, 0.15) is 99.8 Å². The molecule has 0 N–H and O–H groups in total. The highest BCUT2D eigenvalue weighted by Gasteiger charge is 2.65. The summed E-state index contributed by atoms with van der Waals surface area (Å²) in [5.74, 6) is 3.15. The molecule has 1 saturated heterocycles. The Balaban J connectivity index is 1.45. The maximum atomic E-state index is 12.8. The first kappa shape index (κ1) is 22.9. The Kier molecular flexibility index (Phi) is 5.22. The van der Waals surface area contributed by atoms with Crippen molar-refractivity contribution < 1.29 is 9.53 Å². The maximum absolute atomic E-state index is 12.8. The first-order valence-corrected chi connectivity index (χ1v) is 13.4. The average Bonchev–Trinajstić information content (AvgIpc) is 3.26. The fourth-order valence-electron chi connectivity index (χ4n) is 9.76. The average molecular weight is 439 g/mol. The van der Waals surface area contributed by atoms with Crippen molar-refractivity contribution in [3.8, 4) is 0 Å².